The molecule has 4 nitrogen and oxygen atoms in total. The van der Waals surface area contributed by atoms with E-state index in [0.29, 0.717) is 0 Å². The summed E-state index contributed by atoms with van der Waals surface area (Å²) in [4.78, 5) is 6.26. The highest BCUT2D eigenvalue weighted by molar-refractivity contribution is 5.42. The molecule has 1 aromatic rings. The Hall–Kier alpha value is -1.26. The first-order valence-electron chi connectivity index (χ1n) is 7.38. The predicted octanol–water partition coefficient (Wildman–Crippen LogP) is 3.96. The Morgan fingerprint density at radius 1 is 1.19 bits per heavy atom. The molecule has 1 atom stereocenters. The lowest BCUT2D eigenvalue weighted by Gasteiger charge is -2.39. The summed E-state index contributed by atoms with van der Waals surface area (Å²) in [5.74, 6) is 1.60. The van der Waals surface area contributed by atoms with Crippen molar-refractivity contribution in [3.63, 3.8) is 0 Å². The van der Waals surface area contributed by atoms with Crippen LogP contribution in [-0.4, -0.2) is 30.4 Å². The fraction of sp³-hybridized carbons (Fsp3) is 0.647. The van der Waals surface area contributed by atoms with Gasteiger partial charge in [-0.05, 0) is 46.8 Å². The molecule has 118 valence electrons. The number of ether oxygens (including phenoxy) is 2. The van der Waals surface area contributed by atoms with E-state index in [9.17, 15) is 0 Å². The first-order chi connectivity index (χ1) is 9.69. The van der Waals surface area contributed by atoms with E-state index < -0.39 is 0 Å². The van der Waals surface area contributed by atoms with Crippen LogP contribution < -0.4 is 9.47 Å². The summed E-state index contributed by atoms with van der Waals surface area (Å²) in [5, 5.41) is 2.11. The second-order valence-electron chi connectivity index (χ2n) is 7.18. The molecule has 1 saturated heterocycles. The third kappa shape index (κ3) is 3.16. The molecule has 0 amide bonds. The molecule has 0 aliphatic carbocycles. The maximum atomic E-state index is 6.26. The summed E-state index contributed by atoms with van der Waals surface area (Å²) < 4.78 is 10.8. The van der Waals surface area contributed by atoms with Gasteiger partial charge in [0.15, 0.2) is 0 Å². The van der Waals surface area contributed by atoms with E-state index in [2.05, 4.69) is 39.7 Å². The van der Waals surface area contributed by atoms with Gasteiger partial charge in [-0.2, -0.15) is 5.06 Å². The minimum absolute atomic E-state index is 0.0000751. The summed E-state index contributed by atoms with van der Waals surface area (Å²) in [6.45, 7) is 10.9. The lowest BCUT2D eigenvalue weighted by atomic mass is 9.91. The molecule has 21 heavy (non-hydrogen) atoms. The Labute approximate surface area is 127 Å². The standard InChI is InChI=1S/C17H27NO3/c1-16(2,3)18-17(4,5)11-15(21-18)13-9-8-12(19-6)10-14(13)20-7/h8-10,15H,11H2,1-7H3. The van der Waals surface area contributed by atoms with Crippen molar-refractivity contribution < 1.29 is 14.3 Å². The molecule has 1 fully saturated rings. The second kappa shape index (κ2) is 5.50. The van der Waals surface area contributed by atoms with Crippen LogP contribution in [0.15, 0.2) is 18.2 Å². The molecule has 1 unspecified atom stereocenters. The van der Waals surface area contributed by atoms with Crippen LogP contribution in [-0.2, 0) is 4.84 Å². The Balaban J connectivity index is 2.32. The van der Waals surface area contributed by atoms with Gasteiger partial charge in [0, 0.05) is 29.1 Å². The highest BCUT2D eigenvalue weighted by Gasteiger charge is 2.46. The molecule has 1 heterocycles. The van der Waals surface area contributed by atoms with Gasteiger partial charge in [-0.1, -0.05) is 0 Å². The van der Waals surface area contributed by atoms with Crippen molar-refractivity contribution in [1.29, 1.82) is 0 Å². The number of nitrogens with zero attached hydrogens (tertiary/aromatic N) is 1. The van der Waals surface area contributed by atoms with E-state index in [1.807, 2.05) is 18.2 Å². The zero-order chi connectivity index (χ0) is 15.8. The highest BCUT2D eigenvalue weighted by Crippen LogP contribution is 2.46. The van der Waals surface area contributed by atoms with Crippen molar-refractivity contribution >= 4 is 0 Å². The summed E-state index contributed by atoms with van der Waals surface area (Å²) in [7, 11) is 3.34. The topological polar surface area (TPSA) is 30.9 Å². The van der Waals surface area contributed by atoms with Crippen molar-refractivity contribution in [2.75, 3.05) is 14.2 Å². The van der Waals surface area contributed by atoms with Crippen LogP contribution in [0.2, 0.25) is 0 Å². The van der Waals surface area contributed by atoms with E-state index >= 15 is 0 Å². The van der Waals surface area contributed by atoms with Gasteiger partial charge in [0.1, 0.15) is 17.6 Å². The number of hydroxylamine groups is 2. The maximum absolute atomic E-state index is 6.26. The Morgan fingerprint density at radius 2 is 1.86 bits per heavy atom. The van der Waals surface area contributed by atoms with Crippen molar-refractivity contribution in [2.45, 2.75) is 58.2 Å². The Morgan fingerprint density at radius 3 is 2.33 bits per heavy atom. The van der Waals surface area contributed by atoms with E-state index in [1.165, 1.54) is 0 Å². The zero-order valence-electron chi connectivity index (χ0n) is 14.2. The summed E-state index contributed by atoms with van der Waals surface area (Å²) >= 11 is 0. The van der Waals surface area contributed by atoms with Gasteiger partial charge >= 0.3 is 0 Å². The van der Waals surface area contributed by atoms with E-state index in [0.717, 1.165) is 23.5 Å². The van der Waals surface area contributed by atoms with Crippen LogP contribution >= 0.6 is 0 Å². The number of hydrogen-bond donors (Lipinski definition) is 0. The molecule has 0 spiro atoms. The van der Waals surface area contributed by atoms with Gasteiger partial charge in [0.05, 0.1) is 14.2 Å². The third-order valence-corrected chi connectivity index (χ3v) is 3.86. The summed E-state index contributed by atoms with van der Waals surface area (Å²) in [5.41, 5.74) is 1.00. The molecule has 0 aromatic heterocycles. The van der Waals surface area contributed by atoms with Crippen LogP contribution in [0.1, 0.15) is 52.7 Å². The van der Waals surface area contributed by atoms with E-state index in [4.69, 9.17) is 14.3 Å². The minimum Gasteiger partial charge on any atom is -0.497 e. The predicted molar refractivity (Wildman–Crippen MR) is 83.7 cm³/mol. The molecule has 0 radical (unpaired) electrons. The molecular formula is C17H27NO3. The fourth-order valence-corrected chi connectivity index (χ4v) is 3.16. The number of rotatable bonds is 3. The first kappa shape index (κ1) is 16.1. The molecule has 1 aliphatic rings. The summed E-state index contributed by atoms with van der Waals surface area (Å²) in [6.07, 6.45) is 0.924. The third-order valence-electron chi connectivity index (χ3n) is 3.86. The van der Waals surface area contributed by atoms with Gasteiger partial charge in [-0.15, -0.1) is 0 Å². The lowest BCUT2D eigenvalue weighted by Crippen LogP contribution is -2.49. The first-order valence-corrected chi connectivity index (χ1v) is 7.38. The molecule has 1 aromatic carbocycles. The number of methoxy groups -OCH3 is 2. The number of hydrogen-bond acceptors (Lipinski definition) is 4. The van der Waals surface area contributed by atoms with Crippen LogP contribution in [0.3, 0.4) is 0 Å². The van der Waals surface area contributed by atoms with Gasteiger partial charge < -0.3 is 9.47 Å². The van der Waals surface area contributed by atoms with Crippen LogP contribution in [0, 0.1) is 0 Å². The Bertz CT molecular complexity index is 505. The van der Waals surface area contributed by atoms with Gasteiger partial charge in [-0.25, -0.2) is 0 Å². The monoisotopic (exact) mass is 293 g/mol. The van der Waals surface area contributed by atoms with Crippen LogP contribution in [0.5, 0.6) is 11.5 Å². The Kier molecular flexibility index (Phi) is 4.22. The van der Waals surface area contributed by atoms with Crippen molar-refractivity contribution in [3.8, 4) is 11.5 Å². The normalized spacial score (nSPS) is 22.3. The van der Waals surface area contributed by atoms with Crippen molar-refractivity contribution in [2.24, 2.45) is 0 Å². The molecule has 0 bridgehead atoms. The minimum atomic E-state index is -0.0437. The molecule has 2 rings (SSSR count). The average molecular weight is 293 g/mol. The van der Waals surface area contributed by atoms with E-state index in [1.54, 1.807) is 14.2 Å². The average Bonchev–Trinajstić information content (AvgIpc) is 2.73. The molecule has 4 heteroatoms. The quantitative estimate of drug-likeness (QED) is 0.844. The highest BCUT2D eigenvalue weighted by atomic mass is 16.7. The fourth-order valence-electron chi connectivity index (χ4n) is 3.16. The van der Waals surface area contributed by atoms with Gasteiger partial charge in [0.25, 0.3) is 0 Å². The van der Waals surface area contributed by atoms with Crippen LogP contribution in [0.4, 0.5) is 0 Å². The van der Waals surface area contributed by atoms with Crippen LogP contribution in [0.25, 0.3) is 0 Å². The zero-order valence-corrected chi connectivity index (χ0v) is 14.2. The summed E-state index contributed by atoms with van der Waals surface area (Å²) in [6, 6.07) is 5.89. The number of benzene rings is 1. The molecular weight excluding hydrogens is 266 g/mol. The molecule has 1 aliphatic heterocycles. The SMILES string of the molecule is COc1ccc(C2CC(C)(C)N(C(C)(C)C)O2)c(OC)c1. The maximum Gasteiger partial charge on any atom is 0.128 e. The lowest BCUT2D eigenvalue weighted by molar-refractivity contribution is -0.231. The smallest absolute Gasteiger partial charge is 0.128 e. The second-order valence-corrected chi connectivity index (χ2v) is 7.18. The molecule has 0 N–H and O–H groups in total. The van der Waals surface area contributed by atoms with Gasteiger partial charge in [0.2, 0.25) is 0 Å². The van der Waals surface area contributed by atoms with E-state index in [-0.39, 0.29) is 17.2 Å². The van der Waals surface area contributed by atoms with Gasteiger partial charge in [-0.3, -0.25) is 4.84 Å². The molecule has 0 saturated carbocycles. The largest absolute Gasteiger partial charge is 0.497 e. The van der Waals surface area contributed by atoms with Crippen molar-refractivity contribution in [1.82, 2.24) is 5.06 Å². The van der Waals surface area contributed by atoms with Crippen molar-refractivity contribution in [3.05, 3.63) is 23.8 Å².